The van der Waals surface area contributed by atoms with Crippen molar-refractivity contribution in [1.29, 1.82) is 0 Å². The number of carbonyl (C=O) groups is 2. The highest BCUT2D eigenvalue weighted by molar-refractivity contribution is 6.07. The van der Waals surface area contributed by atoms with Gasteiger partial charge >= 0.3 is 0 Å². The quantitative estimate of drug-likeness (QED) is 0.528. The van der Waals surface area contributed by atoms with Crippen LogP contribution in [0.5, 0.6) is 0 Å². The van der Waals surface area contributed by atoms with E-state index in [-0.39, 0.29) is 29.3 Å². The van der Waals surface area contributed by atoms with Crippen molar-refractivity contribution in [3.05, 3.63) is 12.2 Å². The fourth-order valence-electron chi connectivity index (χ4n) is 2.16. The largest absolute Gasteiger partial charge is 0.299 e. The summed E-state index contributed by atoms with van der Waals surface area (Å²) in [4.78, 5) is 22.5. The van der Waals surface area contributed by atoms with E-state index in [9.17, 15) is 9.59 Å². The third-order valence-corrected chi connectivity index (χ3v) is 2.62. The molecule has 0 aliphatic heterocycles. The standard InChI is InChI=1S/C13H20O2/c1-9(8-13(2,3)4)5-10-6-11(14)7-12(10)15/h10H,1,5-8H2,2-4H3. The van der Waals surface area contributed by atoms with Crippen molar-refractivity contribution in [2.45, 2.75) is 46.5 Å². The molecule has 0 saturated heterocycles. The van der Waals surface area contributed by atoms with Crippen molar-refractivity contribution < 1.29 is 9.59 Å². The average Bonchev–Trinajstić information content (AvgIpc) is 2.25. The van der Waals surface area contributed by atoms with Crippen molar-refractivity contribution in [1.82, 2.24) is 0 Å². The van der Waals surface area contributed by atoms with Crippen LogP contribution in [0.25, 0.3) is 0 Å². The number of rotatable bonds is 3. The molecule has 1 aliphatic rings. The van der Waals surface area contributed by atoms with E-state index in [1.807, 2.05) is 0 Å². The highest BCUT2D eigenvalue weighted by Crippen LogP contribution is 2.30. The molecule has 0 aromatic carbocycles. The SMILES string of the molecule is C=C(CC1CC(=O)CC1=O)CC(C)(C)C. The maximum Gasteiger partial charge on any atom is 0.144 e. The Morgan fingerprint density at radius 3 is 2.40 bits per heavy atom. The Labute approximate surface area is 91.7 Å². The zero-order chi connectivity index (χ0) is 11.6. The van der Waals surface area contributed by atoms with E-state index in [2.05, 4.69) is 27.4 Å². The smallest absolute Gasteiger partial charge is 0.144 e. The molecule has 0 N–H and O–H groups in total. The van der Waals surface area contributed by atoms with Gasteiger partial charge in [0.15, 0.2) is 0 Å². The third-order valence-electron chi connectivity index (χ3n) is 2.62. The Hall–Kier alpha value is -0.920. The second kappa shape index (κ2) is 4.30. The van der Waals surface area contributed by atoms with E-state index in [1.54, 1.807) is 0 Å². The second-order valence-corrected chi connectivity index (χ2v) is 5.77. The first-order valence-electron chi connectivity index (χ1n) is 5.49. The molecular formula is C13H20O2. The number of ketones is 2. The lowest BCUT2D eigenvalue weighted by atomic mass is 9.84. The number of allylic oxidation sites excluding steroid dienone is 1. The summed E-state index contributed by atoms with van der Waals surface area (Å²) in [6.45, 7) is 10.5. The molecule has 0 aromatic heterocycles. The molecule has 1 unspecified atom stereocenters. The number of carbonyl (C=O) groups excluding carboxylic acids is 2. The van der Waals surface area contributed by atoms with Gasteiger partial charge in [0.05, 0.1) is 6.42 Å². The molecule has 1 saturated carbocycles. The van der Waals surface area contributed by atoms with Crippen LogP contribution in [0.4, 0.5) is 0 Å². The first-order valence-corrected chi connectivity index (χ1v) is 5.49. The summed E-state index contributed by atoms with van der Waals surface area (Å²) >= 11 is 0. The van der Waals surface area contributed by atoms with Gasteiger partial charge in [-0.15, -0.1) is 0 Å². The molecule has 1 fully saturated rings. The summed E-state index contributed by atoms with van der Waals surface area (Å²) in [5, 5.41) is 0. The maximum absolute atomic E-state index is 11.4. The van der Waals surface area contributed by atoms with Gasteiger partial charge in [-0.1, -0.05) is 32.9 Å². The van der Waals surface area contributed by atoms with Crippen molar-refractivity contribution in [2.24, 2.45) is 11.3 Å². The Bertz CT molecular complexity index is 294. The summed E-state index contributed by atoms with van der Waals surface area (Å²) in [6.07, 6.45) is 2.20. The molecule has 1 aliphatic carbocycles. The van der Waals surface area contributed by atoms with Crippen LogP contribution in [0, 0.1) is 11.3 Å². The minimum absolute atomic E-state index is 0.0765. The lowest BCUT2D eigenvalue weighted by Crippen LogP contribution is -2.11. The van der Waals surface area contributed by atoms with Crippen LogP contribution in [0.3, 0.4) is 0 Å². The highest BCUT2D eigenvalue weighted by atomic mass is 16.2. The van der Waals surface area contributed by atoms with Crippen LogP contribution in [0.1, 0.15) is 46.5 Å². The first-order chi connectivity index (χ1) is 6.78. The van der Waals surface area contributed by atoms with E-state index in [0.29, 0.717) is 12.8 Å². The molecule has 84 valence electrons. The number of hydrogen-bond acceptors (Lipinski definition) is 2. The number of hydrogen-bond donors (Lipinski definition) is 0. The maximum atomic E-state index is 11.4. The molecule has 0 radical (unpaired) electrons. The van der Waals surface area contributed by atoms with Crippen LogP contribution in [0.15, 0.2) is 12.2 Å². The molecule has 1 rings (SSSR count). The number of Topliss-reactive ketones (excluding diaryl/α,β-unsaturated/α-hetero) is 2. The zero-order valence-electron chi connectivity index (χ0n) is 9.93. The lowest BCUT2D eigenvalue weighted by molar-refractivity contribution is -0.122. The van der Waals surface area contributed by atoms with Gasteiger partial charge in [0.2, 0.25) is 0 Å². The molecule has 0 bridgehead atoms. The molecule has 15 heavy (non-hydrogen) atoms. The Morgan fingerprint density at radius 2 is 2.00 bits per heavy atom. The molecule has 1 atom stereocenters. The van der Waals surface area contributed by atoms with Crippen LogP contribution >= 0.6 is 0 Å². The minimum Gasteiger partial charge on any atom is -0.299 e. The zero-order valence-corrected chi connectivity index (χ0v) is 9.93. The van der Waals surface area contributed by atoms with E-state index >= 15 is 0 Å². The molecule has 2 heteroatoms. The van der Waals surface area contributed by atoms with Gasteiger partial charge in [0, 0.05) is 12.3 Å². The van der Waals surface area contributed by atoms with Crippen molar-refractivity contribution >= 4 is 11.6 Å². The Morgan fingerprint density at radius 1 is 1.40 bits per heavy atom. The summed E-state index contributed by atoms with van der Waals surface area (Å²) in [7, 11) is 0. The molecular weight excluding hydrogens is 188 g/mol. The minimum atomic E-state index is -0.0765. The molecule has 0 heterocycles. The van der Waals surface area contributed by atoms with E-state index in [0.717, 1.165) is 12.0 Å². The normalized spacial score (nSPS) is 22.2. The first kappa shape index (κ1) is 12.2. The summed E-state index contributed by atoms with van der Waals surface area (Å²) in [5.74, 6) is 0.121. The van der Waals surface area contributed by atoms with Crippen LogP contribution in [-0.4, -0.2) is 11.6 Å². The van der Waals surface area contributed by atoms with Crippen molar-refractivity contribution in [2.75, 3.05) is 0 Å². The summed E-state index contributed by atoms with van der Waals surface area (Å²) < 4.78 is 0. The summed E-state index contributed by atoms with van der Waals surface area (Å²) in [5.41, 5.74) is 1.30. The predicted molar refractivity (Wildman–Crippen MR) is 60.6 cm³/mol. The average molecular weight is 208 g/mol. The summed E-state index contributed by atoms with van der Waals surface area (Å²) in [6, 6.07) is 0. The van der Waals surface area contributed by atoms with Gasteiger partial charge in [-0.3, -0.25) is 9.59 Å². The molecule has 0 aromatic rings. The molecule has 0 spiro atoms. The fourth-order valence-corrected chi connectivity index (χ4v) is 2.16. The van der Waals surface area contributed by atoms with E-state index < -0.39 is 0 Å². The Kier molecular flexibility index (Phi) is 3.48. The third kappa shape index (κ3) is 3.98. The van der Waals surface area contributed by atoms with Crippen LogP contribution in [-0.2, 0) is 9.59 Å². The van der Waals surface area contributed by atoms with Crippen LogP contribution in [0.2, 0.25) is 0 Å². The van der Waals surface area contributed by atoms with Gasteiger partial charge < -0.3 is 0 Å². The van der Waals surface area contributed by atoms with Crippen molar-refractivity contribution in [3.8, 4) is 0 Å². The second-order valence-electron chi connectivity index (χ2n) is 5.77. The molecule has 0 amide bonds. The van der Waals surface area contributed by atoms with Crippen molar-refractivity contribution in [3.63, 3.8) is 0 Å². The van der Waals surface area contributed by atoms with Crippen LogP contribution < -0.4 is 0 Å². The van der Waals surface area contributed by atoms with Gasteiger partial charge in [-0.05, 0) is 18.3 Å². The van der Waals surface area contributed by atoms with E-state index in [1.165, 1.54) is 0 Å². The predicted octanol–water partition coefficient (Wildman–Crippen LogP) is 2.92. The fraction of sp³-hybridized carbons (Fsp3) is 0.692. The topological polar surface area (TPSA) is 34.1 Å². The lowest BCUT2D eigenvalue weighted by Gasteiger charge is -2.20. The van der Waals surface area contributed by atoms with Gasteiger partial charge in [-0.2, -0.15) is 0 Å². The highest BCUT2D eigenvalue weighted by Gasteiger charge is 2.31. The van der Waals surface area contributed by atoms with Gasteiger partial charge in [0.25, 0.3) is 0 Å². The van der Waals surface area contributed by atoms with E-state index in [4.69, 9.17) is 0 Å². The van der Waals surface area contributed by atoms with Gasteiger partial charge in [-0.25, -0.2) is 0 Å². The molecule has 2 nitrogen and oxygen atoms in total. The monoisotopic (exact) mass is 208 g/mol. The van der Waals surface area contributed by atoms with Gasteiger partial charge in [0.1, 0.15) is 11.6 Å². The Balaban J connectivity index is 2.45.